The van der Waals surface area contributed by atoms with Gasteiger partial charge < -0.3 is 5.32 Å². The van der Waals surface area contributed by atoms with E-state index < -0.39 is 22.0 Å². The fraction of sp³-hybridized carbons (Fsp3) is 0.0741. The van der Waals surface area contributed by atoms with Gasteiger partial charge in [0.05, 0.1) is 32.8 Å². The van der Waals surface area contributed by atoms with Crippen molar-refractivity contribution in [2.45, 2.75) is 17.4 Å². The summed E-state index contributed by atoms with van der Waals surface area (Å²) in [5, 5.41) is 12.6. The minimum Gasteiger partial charge on any atom is -0.321 e. The van der Waals surface area contributed by atoms with Gasteiger partial charge in [0.1, 0.15) is 17.0 Å². The zero-order valence-electron chi connectivity index (χ0n) is 19.8. The highest BCUT2D eigenvalue weighted by molar-refractivity contribution is 7.89. The van der Waals surface area contributed by atoms with Gasteiger partial charge in [-0.3, -0.25) is 4.79 Å². The van der Waals surface area contributed by atoms with Crippen LogP contribution in [0.15, 0.2) is 96.3 Å². The van der Waals surface area contributed by atoms with E-state index in [1.807, 2.05) is 30.3 Å². The SMILES string of the molecule is N#Cc1cccc(CC(NS(=O)(=O)c2cccc(NC(=O)c3ccncn3)c2)c2nc3ccccc3s2)c1. The number of fused-ring (bicyclic) bond motifs is 1. The second kappa shape index (κ2) is 10.9. The van der Waals surface area contributed by atoms with E-state index in [0.717, 1.165) is 15.8 Å². The fourth-order valence-electron chi connectivity index (χ4n) is 3.84. The average Bonchev–Trinajstić information content (AvgIpc) is 3.38. The highest BCUT2D eigenvalue weighted by Gasteiger charge is 2.25. The number of nitriles is 1. The molecule has 3 aromatic carbocycles. The molecule has 5 rings (SSSR count). The molecule has 2 N–H and O–H groups in total. The third-order valence-electron chi connectivity index (χ3n) is 5.62. The number of nitrogens with zero attached hydrogens (tertiary/aromatic N) is 4. The first kappa shape index (κ1) is 25.2. The fourth-order valence-corrected chi connectivity index (χ4v) is 6.18. The van der Waals surface area contributed by atoms with E-state index in [1.165, 1.54) is 42.1 Å². The first-order chi connectivity index (χ1) is 18.4. The van der Waals surface area contributed by atoms with Gasteiger partial charge in [0.2, 0.25) is 10.0 Å². The Hall–Kier alpha value is -4.50. The summed E-state index contributed by atoms with van der Waals surface area (Å²) in [5.74, 6) is -0.486. The molecular weight excluding hydrogens is 520 g/mol. The Morgan fingerprint density at radius 2 is 1.87 bits per heavy atom. The molecule has 0 saturated carbocycles. The first-order valence-electron chi connectivity index (χ1n) is 11.5. The van der Waals surface area contributed by atoms with Gasteiger partial charge in [-0.2, -0.15) is 5.26 Å². The van der Waals surface area contributed by atoms with Gasteiger partial charge in [-0.25, -0.2) is 28.1 Å². The van der Waals surface area contributed by atoms with Crippen LogP contribution in [0, 0.1) is 11.3 Å². The molecule has 2 aromatic heterocycles. The molecule has 1 amide bonds. The Morgan fingerprint density at radius 1 is 1.03 bits per heavy atom. The molecule has 1 unspecified atom stereocenters. The largest absolute Gasteiger partial charge is 0.321 e. The standard InChI is InChI=1S/C27H20N6O3S2/c28-16-19-6-3-5-18(13-19)14-24(27-32-22-9-1-2-10-25(22)37-27)33-38(35,36)21-8-4-7-20(15-21)31-26(34)23-11-12-29-17-30-23/h1-13,15,17,24,33H,14H2,(H,31,34). The third-order valence-corrected chi connectivity index (χ3v) is 8.24. The van der Waals surface area contributed by atoms with Crippen molar-refractivity contribution in [3.05, 3.63) is 113 Å². The minimum absolute atomic E-state index is 0.0186. The summed E-state index contributed by atoms with van der Waals surface area (Å²) in [7, 11) is -4.03. The van der Waals surface area contributed by atoms with Gasteiger partial charge in [0.25, 0.3) is 5.91 Å². The summed E-state index contributed by atoms with van der Waals surface area (Å²) in [6, 6.07) is 23.5. The predicted molar refractivity (Wildman–Crippen MR) is 144 cm³/mol. The second-order valence-electron chi connectivity index (χ2n) is 8.29. The second-order valence-corrected chi connectivity index (χ2v) is 11.1. The van der Waals surface area contributed by atoms with Crippen LogP contribution in [0.2, 0.25) is 0 Å². The molecule has 0 spiro atoms. The lowest BCUT2D eigenvalue weighted by molar-refractivity contribution is 0.102. The summed E-state index contributed by atoms with van der Waals surface area (Å²) in [6.07, 6.45) is 2.99. The number of nitrogens with one attached hydrogen (secondary N) is 2. The van der Waals surface area contributed by atoms with Crippen molar-refractivity contribution in [3.8, 4) is 6.07 Å². The Kier molecular flexibility index (Phi) is 7.19. The number of sulfonamides is 1. The van der Waals surface area contributed by atoms with E-state index in [2.05, 4.69) is 31.1 Å². The number of hydrogen-bond donors (Lipinski definition) is 2. The molecule has 5 aromatic rings. The predicted octanol–water partition coefficient (Wildman–Crippen LogP) is 4.47. The molecule has 188 valence electrons. The van der Waals surface area contributed by atoms with Gasteiger partial charge in [-0.05, 0) is 60.5 Å². The van der Waals surface area contributed by atoms with E-state index in [4.69, 9.17) is 0 Å². The van der Waals surface area contributed by atoms with Crippen LogP contribution < -0.4 is 10.0 Å². The first-order valence-corrected chi connectivity index (χ1v) is 13.8. The summed E-state index contributed by atoms with van der Waals surface area (Å²) >= 11 is 1.41. The average molecular weight is 541 g/mol. The molecule has 1 atom stereocenters. The number of anilines is 1. The van der Waals surface area contributed by atoms with E-state index in [1.54, 1.807) is 30.3 Å². The number of aromatic nitrogens is 3. The van der Waals surface area contributed by atoms with Crippen molar-refractivity contribution < 1.29 is 13.2 Å². The molecule has 0 bridgehead atoms. The van der Waals surface area contributed by atoms with Crippen LogP contribution in [0.3, 0.4) is 0 Å². The van der Waals surface area contributed by atoms with Crippen molar-refractivity contribution >= 4 is 43.2 Å². The van der Waals surface area contributed by atoms with E-state index in [-0.39, 0.29) is 10.6 Å². The maximum Gasteiger partial charge on any atom is 0.274 e. The monoisotopic (exact) mass is 540 g/mol. The molecule has 9 nitrogen and oxygen atoms in total. The number of para-hydroxylation sites is 1. The Bertz CT molecular complexity index is 1730. The number of carbonyl (C=O) groups is 1. The molecule has 0 aliphatic heterocycles. The number of hydrogen-bond acceptors (Lipinski definition) is 8. The van der Waals surface area contributed by atoms with Gasteiger partial charge >= 0.3 is 0 Å². The summed E-state index contributed by atoms with van der Waals surface area (Å²) < 4.78 is 30.8. The minimum atomic E-state index is -4.03. The summed E-state index contributed by atoms with van der Waals surface area (Å²) in [4.78, 5) is 24.8. The Labute approximate surface area is 222 Å². The van der Waals surface area contributed by atoms with Crippen LogP contribution in [0.5, 0.6) is 0 Å². The molecule has 0 fully saturated rings. The molecule has 0 aliphatic rings. The molecule has 0 saturated heterocycles. The van der Waals surface area contributed by atoms with Crippen LogP contribution in [0.1, 0.15) is 32.7 Å². The normalized spacial score (nSPS) is 12.1. The number of carbonyl (C=O) groups excluding carboxylic acids is 1. The molecular formula is C27H20N6O3S2. The van der Waals surface area contributed by atoms with Crippen molar-refractivity contribution in [2.24, 2.45) is 0 Å². The molecule has 2 heterocycles. The topological polar surface area (TPSA) is 138 Å². The number of thiazole rings is 1. The van der Waals surface area contributed by atoms with Crippen LogP contribution in [-0.4, -0.2) is 29.3 Å². The third kappa shape index (κ3) is 5.73. The lowest BCUT2D eigenvalue weighted by atomic mass is 10.0. The molecule has 0 aliphatic carbocycles. The van der Waals surface area contributed by atoms with Crippen molar-refractivity contribution in [1.82, 2.24) is 19.7 Å². The van der Waals surface area contributed by atoms with Crippen molar-refractivity contribution in [3.63, 3.8) is 0 Å². The lowest BCUT2D eigenvalue weighted by Crippen LogP contribution is -2.30. The van der Waals surface area contributed by atoms with Gasteiger partial charge in [-0.15, -0.1) is 11.3 Å². The molecule has 11 heteroatoms. The van der Waals surface area contributed by atoms with Gasteiger partial charge in [0, 0.05) is 11.9 Å². The quantitative estimate of drug-likeness (QED) is 0.296. The highest BCUT2D eigenvalue weighted by Crippen LogP contribution is 2.30. The van der Waals surface area contributed by atoms with E-state index >= 15 is 0 Å². The van der Waals surface area contributed by atoms with Crippen LogP contribution in [-0.2, 0) is 16.4 Å². The lowest BCUT2D eigenvalue weighted by Gasteiger charge is -2.17. The van der Waals surface area contributed by atoms with E-state index in [0.29, 0.717) is 22.7 Å². The Morgan fingerprint density at radius 3 is 2.66 bits per heavy atom. The van der Waals surface area contributed by atoms with Crippen LogP contribution in [0.25, 0.3) is 10.2 Å². The van der Waals surface area contributed by atoms with Crippen molar-refractivity contribution in [1.29, 1.82) is 5.26 Å². The van der Waals surface area contributed by atoms with Crippen molar-refractivity contribution in [2.75, 3.05) is 5.32 Å². The Balaban J connectivity index is 1.44. The van der Waals surface area contributed by atoms with E-state index in [9.17, 15) is 18.5 Å². The molecule has 0 radical (unpaired) electrons. The van der Waals surface area contributed by atoms with Crippen LogP contribution >= 0.6 is 11.3 Å². The maximum absolute atomic E-state index is 13.5. The number of amides is 1. The highest BCUT2D eigenvalue weighted by atomic mass is 32.2. The van der Waals surface area contributed by atoms with Gasteiger partial charge in [0.15, 0.2) is 0 Å². The summed E-state index contributed by atoms with van der Waals surface area (Å²) in [5.41, 5.74) is 2.51. The maximum atomic E-state index is 13.5. The smallest absolute Gasteiger partial charge is 0.274 e. The number of benzene rings is 3. The van der Waals surface area contributed by atoms with Gasteiger partial charge in [-0.1, -0.05) is 30.3 Å². The molecule has 38 heavy (non-hydrogen) atoms. The zero-order valence-corrected chi connectivity index (χ0v) is 21.4. The summed E-state index contributed by atoms with van der Waals surface area (Å²) in [6.45, 7) is 0. The number of rotatable bonds is 8. The van der Waals surface area contributed by atoms with Crippen LogP contribution in [0.4, 0.5) is 5.69 Å². The zero-order chi connectivity index (χ0) is 26.5.